The Labute approximate surface area is 207 Å². The van der Waals surface area contributed by atoms with E-state index in [0.717, 1.165) is 32.5 Å². The molecule has 0 bridgehead atoms. The summed E-state index contributed by atoms with van der Waals surface area (Å²) in [4.78, 5) is 22.8. The maximum absolute atomic E-state index is 11.4. The number of hydrogen-bond donors (Lipinski definition) is 0. The van der Waals surface area contributed by atoms with E-state index in [1.54, 1.807) is 0 Å². The lowest BCUT2D eigenvalue weighted by Crippen LogP contribution is -2.19. The Morgan fingerprint density at radius 1 is 0.767 bits per heavy atom. The van der Waals surface area contributed by atoms with Gasteiger partial charge in [-0.3, -0.25) is 9.59 Å². The van der Waals surface area contributed by atoms with Crippen LogP contribution in [0.3, 0.4) is 0 Å². The molecule has 3 fully saturated rings. The highest BCUT2D eigenvalue weighted by Crippen LogP contribution is 2.47. The van der Waals surface area contributed by atoms with Crippen LogP contribution in [0.5, 0.6) is 0 Å². The van der Waals surface area contributed by atoms with Crippen LogP contribution in [-0.2, 0) is 9.59 Å². The SMILES string of the molecule is C=CC(=O)SCC1CSC(CC2CCC(CC3SCC(CSC(=O)C=C)S3)CC2)S1. The van der Waals surface area contributed by atoms with Crippen LogP contribution in [0.2, 0.25) is 0 Å². The lowest BCUT2D eigenvalue weighted by atomic mass is 9.80. The van der Waals surface area contributed by atoms with Gasteiger partial charge in [0.15, 0.2) is 0 Å². The first-order valence-electron chi connectivity index (χ1n) is 10.7. The van der Waals surface area contributed by atoms with Crippen LogP contribution in [0.25, 0.3) is 0 Å². The van der Waals surface area contributed by atoms with Crippen LogP contribution in [0.1, 0.15) is 38.5 Å². The van der Waals surface area contributed by atoms with Crippen LogP contribution in [0.15, 0.2) is 25.3 Å². The number of carbonyl (C=O) groups excluding carboxylic acids is 2. The van der Waals surface area contributed by atoms with Crippen molar-refractivity contribution in [1.29, 1.82) is 0 Å². The average molecular weight is 521 g/mol. The highest BCUT2D eigenvalue weighted by atomic mass is 32.2. The van der Waals surface area contributed by atoms with Crippen molar-refractivity contribution < 1.29 is 9.59 Å². The summed E-state index contributed by atoms with van der Waals surface area (Å²) in [5.74, 6) is 6.04. The lowest BCUT2D eigenvalue weighted by molar-refractivity contribution is -0.107. The molecule has 2 nitrogen and oxygen atoms in total. The zero-order valence-corrected chi connectivity index (χ0v) is 22.3. The van der Waals surface area contributed by atoms with Gasteiger partial charge >= 0.3 is 0 Å². The monoisotopic (exact) mass is 520 g/mol. The first-order chi connectivity index (χ1) is 14.6. The van der Waals surface area contributed by atoms with Crippen molar-refractivity contribution in [2.45, 2.75) is 58.2 Å². The van der Waals surface area contributed by atoms with E-state index >= 15 is 0 Å². The summed E-state index contributed by atoms with van der Waals surface area (Å²) in [6.45, 7) is 7.11. The minimum Gasteiger partial charge on any atom is -0.282 e. The third kappa shape index (κ3) is 8.69. The molecule has 0 spiro atoms. The summed E-state index contributed by atoms with van der Waals surface area (Å²) < 4.78 is 1.46. The molecule has 2 saturated heterocycles. The molecule has 30 heavy (non-hydrogen) atoms. The minimum absolute atomic E-state index is 0.108. The predicted octanol–water partition coefficient (Wildman–Crippen LogP) is 6.81. The quantitative estimate of drug-likeness (QED) is 0.290. The molecular formula is C22H32O2S6. The molecule has 3 rings (SSSR count). The Bertz CT molecular complexity index is 552. The fourth-order valence-electron chi connectivity index (χ4n) is 4.15. The molecule has 2 heterocycles. The second kappa shape index (κ2) is 13.6. The molecule has 1 saturated carbocycles. The van der Waals surface area contributed by atoms with Crippen molar-refractivity contribution in [2.24, 2.45) is 11.8 Å². The molecule has 1 aliphatic carbocycles. The summed E-state index contributed by atoms with van der Waals surface area (Å²) in [7, 11) is 0. The second-order valence-corrected chi connectivity index (χ2v) is 16.2. The van der Waals surface area contributed by atoms with Gasteiger partial charge in [0.2, 0.25) is 10.2 Å². The molecule has 0 amide bonds. The molecule has 4 atom stereocenters. The van der Waals surface area contributed by atoms with E-state index < -0.39 is 0 Å². The molecule has 0 radical (unpaired) electrons. The molecule has 0 N–H and O–H groups in total. The molecular weight excluding hydrogens is 489 g/mol. The normalized spacial score (nSPS) is 34.0. The van der Waals surface area contributed by atoms with Gasteiger partial charge in [-0.25, -0.2) is 0 Å². The fourth-order valence-corrected chi connectivity index (χ4v) is 13.3. The molecule has 168 valence electrons. The van der Waals surface area contributed by atoms with Crippen molar-refractivity contribution >= 4 is 80.8 Å². The van der Waals surface area contributed by atoms with Crippen LogP contribution >= 0.6 is 70.6 Å². The highest BCUT2D eigenvalue weighted by Gasteiger charge is 2.33. The van der Waals surface area contributed by atoms with Crippen molar-refractivity contribution in [1.82, 2.24) is 0 Å². The molecule has 0 aromatic carbocycles. The zero-order valence-electron chi connectivity index (χ0n) is 17.4. The van der Waals surface area contributed by atoms with Crippen LogP contribution < -0.4 is 0 Å². The summed E-state index contributed by atoms with van der Waals surface area (Å²) >= 11 is 11.3. The molecule has 2 aliphatic heterocycles. The van der Waals surface area contributed by atoms with Gasteiger partial charge in [-0.1, -0.05) is 62.4 Å². The van der Waals surface area contributed by atoms with E-state index in [-0.39, 0.29) is 10.2 Å². The Balaban J connectivity index is 1.27. The van der Waals surface area contributed by atoms with E-state index in [1.807, 2.05) is 0 Å². The Morgan fingerprint density at radius 3 is 1.53 bits per heavy atom. The average Bonchev–Trinajstić information content (AvgIpc) is 3.40. The van der Waals surface area contributed by atoms with Gasteiger partial charge < -0.3 is 0 Å². The van der Waals surface area contributed by atoms with Gasteiger partial charge in [-0.05, 0) is 36.8 Å². The van der Waals surface area contributed by atoms with E-state index in [9.17, 15) is 9.59 Å². The zero-order chi connectivity index (χ0) is 21.3. The van der Waals surface area contributed by atoms with E-state index in [0.29, 0.717) is 10.5 Å². The second-order valence-electron chi connectivity index (χ2n) is 8.07. The molecule has 0 aromatic rings. The minimum atomic E-state index is 0.108. The first kappa shape index (κ1) is 25.5. The van der Waals surface area contributed by atoms with Crippen molar-refractivity contribution in [3.63, 3.8) is 0 Å². The van der Waals surface area contributed by atoms with Gasteiger partial charge in [0.25, 0.3) is 0 Å². The largest absolute Gasteiger partial charge is 0.282 e. The summed E-state index contributed by atoms with van der Waals surface area (Å²) in [6, 6.07) is 0. The van der Waals surface area contributed by atoms with Crippen molar-refractivity contribution in [3.8, 4) is 0 Å². The first-order valence-corrected chi connectivity index (χ1v) is 16.6. The summed E-state index contributed by atoms with van der Waals surface area (Å²) in [5.41, 5.74) is 0. The van der Waals surface area contributed by atoms with Gasteiger partial charge in [0.1, 0.15) is 0 Å². The molecule has 4 unspecified atom stereocenters. The molecule has 0 aromatic heterocycles. The molecule has 8 heteroatoms. The molecule has 3 aliphatic rings. The van der Waals surface area contributed by atoms with Crippen molar-refractivity contribution in [3.05, 3.63) is 25.3 Å². The van der Waals surface area contributed by atoms with Crippen LogP contribution in [0, 0.1) is 11.8 Å². The maximum atomic E-state index is 11.4. The van der Waals surface area contributed by atoms with E-state index in [2.05, 4.69) is 60.2 Å². The third-order valence-corrected chi connectivity index (χ3v) is 14.9. The van der Waals surface area contributed by atoms with E-state index in [1.165, 1.54) is 85.7 Å². The highest BCUT2D eigenvalue weighted by molar-refractivity contribution is 8.22. The Hall–Kier alpha value is 0.920. The van der Waals surface area contributed by atoms with Gasteiger partial charge in [0.05, 0.1) is 9.16 Å². The standard InChI is InChI=1S/C22H32O2S6/c1-3-19(23)25-11-17-13-27-21(29-17)9-15-5-7-16(8-6-15)10-22-28-14-18(30-22)12-26-20(24)4-2/h3-4,15-18,21-22H,1-2,5-14H2. The number of hydrogen-bond acceptors (Lipinski definition) is 8. The smallest absolute Gasteiger partial charge is 0.211 e. The number of thioether (sulfide) groups is 6. The van der Waals surface area contributed by atoms with E-state index in [4.69, 9.17) is 0 Å². The van der Waals surface area contributed by atoms with Gasteiger partial charge in [-0.15, -0.1) is 47.0 Å². The van der Waals surface area contributed by atoms with Gasteiger partial charge in [0, 0.05) is 33.5 Å². The Kier molecular flexibility index (Phi) is 11.6. The summed E-state index contributed by atoms with van der Waals surface area (Å²) in [5, 5.41) is 1.46. The summed E-state index contributed by atoms with van der Waals surface area (Å²) in [6.07, 6.45) is 11.1. The number of rotatable bonds is 10. The van der Waals surface area contributed by atoms with Crippen molar-refractivity contribution in [2.75, 3.05) is 23.0 Å². The fraction of sp³-hybridized carbons (Fsp3) is 0.727. The Morgan fingerprint density at radius 2 is 1.17 bits per heavy atom. The third-order valence-electron chi connectivity index (χ3n) is 5.80. The van der Waals surface area contributed by atoms with Gasteiger partial charge in [-0.2, -0.15) is 0 Å². The van der Waals surface area contributed by atoms with Crippen LogP contribution in [0.4, 0.5) is 0 Å². The van der Waals surface area contributed by atoms with Crippen LogP contribution in [-0.4, -0.2) is 52.9 Å². The predicted molar refractivity (Wildman–Crippen MR) is 145 cm³/mol. The number of carbonyl (C=O) groups is 2. The maximum Gasteiger partial charge on any atom is 0.211 e. The lowest BCUT2D eigenvalue weighted by Gasteiger charge is -2.31. The topological polar surface area (TPSA) is 34.1 Å².